The lowest BCUT2D eigenvalue weighted by Gasteiger charge is -2.09. The van der Waals surface area contributed by atoms with E-state index in [1.807, 2.05) is 0 Å². The van der Waals surface area contributed by atoms with Gasteiger partial charge in [-0.1, -0.05) is 0 Å². The zero-order chi connectivity index (χ0) is 17.9. The lowest BCUT2D eigenvalue weighted by Crippen LogP contribution is -2.21. The molecule has 0 radical (unpaired) electrons. The summed E-state index contributed by atoms with van der Waals surface area (Å²) in [5.74, 6) is -1.32. The van der Waals surface area contributed by atoms with E-state index in [0.717, 1.165) is 0 Å². The van der Waals surface area contributed by atoms with E-state index in [9.17, 15) is 14.4 Å². The molecule has 0 bridgehead atoms. The van der Waals surface area contributed by atoms with Gasteiger partial charge >= 0.3 is 0 Å². The molecule has 0 spiro atoms. The van der Waals surface area contributed by atoms with Crippen molar-refractivity contribution in [2.75, 3.05) is 33.6 Å². The minimum absolute atomic E-state index is 0.0507. The molecule has 0 aliphatic carbocycles. The van der Waals surface area contributed by atoms with Crippen molar-refractivity contribution in [1.82, 2.24) is 15.0 Å². The smallest absolute Gasteiger partial charge is 0.236 e. The van der Waals surface area contributed by atoms with Crippen LogP contribution in [0.5, 0.6) is 0 Å². The molecule has 0 unspecified atom stereocenters. The summed E-state index contributed by atoms with van der Waals surface area (Å²) in [5.41, 5.74) is 0. The number of halogens is 3. The quantitative estimate of drug-likeness (QED) is 0.543. The molecule has 12 heteroatoms. The number of carbonyl (C=O) groups excluding carboxylic acids is 3. The van der Waals surface area contributed by atoms with E-state index in [-0.39, 0.29) is 54.7 Å². The Morgan fingerprint density at radius 1 is 0.625 bits per heavy atom. The standard InChI is InChI=1S/C12H15Cl3N6O3/c13-4-1-7(22)16-10-19-11(17-8(23)2-5-14)21-12(20-10)18-9(24)3-6-15/h1-6H2,(H3,16,17,18,19,20,21,22,23,24). The highest BCUT2D eigenvalue weighted by Crippen LogP contribution is 2.11. The first-order valence-corrected chi connectivity index (χ1v) is 8.42. The lowest BCUT2D eigenvalue weighted by atomic mass is 10.4. The minimum atomic E-state index is -0.424. The maximum absolute atomic E-state index is 11.6. The van der Waals surface area contributed by atoms with Crippen molar-refractivity contribution >= 4 is 70.4 Å². The van der Waals surface area contributed by atoms with Gasteiger partial charge in [0.05, 0.1) is 0 Å². The number of hydrogen-bond acceptors (Lipinski definition) is 6. The molecule has 0 saturated heterocycles. The van der Waals surface area contributed by atoms with E-state index in [2.05, 4.69) is 30.9 Å². The summed E-state index contributed by atoms with van der Waals surface area (Å²) < 4.78 is 0. The third-order valence-electron chi connectivity index (χ3n) is 2.35. The molecular formula is C12H15Cl3N6O3. The SMILES string of the molecule is O=C(CCCl)Nc1nc(NC(=O)CCCl)nc(NC(=O)CCCl)n1. The third kappa shape index (κ3) is 7.71. The molecule has 24 heavy (non-hydrogen) atoms. The molecular weight excluding hydrogens is 383 g/mol. The van der Waals surface area contributed by atoms with Crippen LogP contribution in [0.4, 0.5) is 17.8 Å². The van der Waals surface area contributed by atoms with Crippen molar-refractivity contribution in [3.05, 3.63) is 0 Å². The van der Waals surface area contributed by atoms with Crippen molar-refractivity contribution in [2.24, 2.45) is 0 Å². The average molecular weight is 398 g/mol. The number of nitrogens with zero attached hydrogens (tertiary/aromatic N) is 3. The number of nitrogens with one attached hydrogen (secondary N) is 3. The van der Waals surface area contributed by atoms with Gasteiger partial charge in [0.25, 0.3) is 0 Å². The van der Waals surface area contributed by atoms with Crippen LogP contribution in [-0.2, 0) is 14.4 Å². The summed E-state index contributed by atoms with van der Waals surface area (Å²) in [5, 5.41) is 7.18. The fourth-order valence-electron chi connectivity index (χ4n) is 1.36. The predicted molar refractivity (Wildman–Crippen MR) is 91.7 cm³/mol. The van der Waals surface area contributed by atoms with Gasteiger partial charge in [-0.3, -0.25) is 30.3 Å². The van der Waals surface area contributed by atoms with Gasteiger partial charge in [0.2, 0.25) is 35.6 Å². The monoisotopic (exact) mass is 396 g/mol. The van der Waals surface area contributed by atoms with Crippen LogP contribution in [0.15, 0.2) is 0 Å². The minimum Gasteiger partial charge on any atom is -0.294 e. The first-order chi connectivity index (χ1) is 11.5. The maximum atomic E-state index is 11.6. The van der Waals surface area contributed by atoms with Crippen LogP contribution in [0, 0.1) is 0 Å². The molecule has 1 aromatic rings. The van der Waals surface area contributed by atoms with Crippen molar-refractivity contribution in [1.29, 1.82) is 0 Å². The Kier molecular flexibility index (Phi) is 9.28. The van der Waals surface area contributed by atoms with Crippen LogP contribution < -0.4 is 16.0 Å². The lowest BCUT2D eigenvalue weighted by molar-refractivity contribution is -0.116. The van der Waals surface area contributed by atoms with E-state index >= 15 is 0 Å². The zero-order valence-electron chi connectivity index (χ0n) is 12.4. The van der Waals surface area contributed by atoms with Gasteiger partial charge in [0, 0.05) is 36.9 Å². The number of anilines is 3. The number of aromatic nitrogens is 3. The number of alkyl halides is 3. The van der Waals surface area contributed by atoms with Gasteiger partial charge in [-0.15, -0.1) is 34.8 Å². The summed E-state index contributed by atoms with van der Waals surface area (Å²) >= 11 is 16.4. The van der Waals surface area contributed by atoms with E-state index in [0.29, 0.717) is 0 Å². The van der Waals surface area contributed by atoms with Crippen molar-refractivity contribution in [2.45, 2.75) is 19.3 Å². The normalized spacial score (nSPS) is 10.1. The van der Waals surface area contributed by atoms with E-state index in [4.69, 9.17) is 34.8 Å². The molecule has 0 aliphatic rings. The van der Waals surface area contributed by atoms with Crippen LogP contribution in [0.2, 0.25) is 0 Å². The second-order valence-corrected chi connectivity index (χ2v) is 5.40. The Labute approximate surface area is 152 Å². The Hall–Kier alpha value is -1.71. The second-order valence-electron chi connectivity index (χ2n) is 4.27. The topological polar surface area (TPSA) is 126 Å². The van der Waals surface area contributed by atoms with Gasteiger partial charge in [0.1, 0.15) is 0 Å². The molecule has 0 aliphatic heterocycles. The summed E-state index contributed by atoms with van der Waals surface area (Å²) in [7, 11) is 0. The highest BCUT2D eigenvalue weighted by atomic mass is 35.5. The summed E-state index contributed by atoms with van der Waals surface area (Å²) in [6.07, 6.45) is 0.152. The maximum Gasteiger partial charge on any atom is 0.236 e. The molecule has 0 atom stereocenters. The summed E-state index contributed by atoms with van der Waals surface area (Å²) in [6, 6.07) is 0. The molecule has 9 nitrogen and oxygen atoms in total. The first-order valence-electron chi connectivity index (χ1n) is 6.82. The third-order valence-corrected chi connectivity index (χ3v) is 2.92. The largest absolute Gasteiger partial charge is 0.294 e. The summed E-state index contributed by atoms with van der Waals surface area (Å²) in [6.45, 7) is 0. The van der Waals surface area contributed by atoms with E-state index in [1.165, 1.54) is 0 Å². The number of carbonyl (C=O) groups is 3. The number of rotatable bonds is 9. The zero-order valence-corrected chi connectivity index (χ0v) is 14.7. The van der Waals surface area contributed by atoms with Crippen molar-refractivity contribution in [3.8, 4) is 0 Å². The predicted octanol–water partition coefficient (Wildman–Crippen LogP) is 1.57. The second kappa shape index (κ2) is 11.0. The Balaban J connectivity index is 2.97. The molecule has 132 valence electrons. The Morgan fingerprint density at radius 3 is 1.08 bits per heavy atom. The van der Waals surface area contributed by atoms with Crippen LogP contribution in [0.25, 0.3) is 0 Å². The average Bonchev–Trinajstić information content (AvgIpc) is 2.47. The van der Waals surface area contributed by atoms with Crippen LogP contribution in [-0.4, -0.2) is 50.3 Å². The van der Waals surface area contributed by atoms with Crippen LogP contribution in [0.3, 0.4) is 0 Å². The molecule has 3 N–H and O–H groups in total. The van der Waals surface area contributed by atoms with Crippen LogP contribution in [0.1, 0.15) is 19.3 Å². The number of amides is 3. The fourth-order valence-corrected chi connectivity index (χ4v) is 1.88. The highest BCUT2D eigenvalue weighted by Gasteiger charge is 2.13. The van der Waals surface area contributed by atoms with Crippen LogP contribution >= 0.6 is 34.8 Å². The molecule has 1 aromatic heterocycles. The van der Waals surface area contributed by atoms with Gasteiger partial charge in [-0.2, -0.15) is 15.0 Å². The molecule has 0 aromatic carbocycles. The van der Waals surface area contributed by atoms with E-state index in [1.54, 1.807) is 0 Å². The molecule has 1 rings (SSSR count). The van der Waals surface area contributed by atoms with Crippen molar-refractivity contribution in [3.63, 3.8) is 0 Å². The van der Waals surface area contributed by atoms with Gasteiger partial charge in [-0.25, -0.2) is 0 Å². The first kappa shape index (κ1) is 20.3. The van der Waals surface area contributed by atoms with E-state index < -0.39 is 17.7 Å². The van der Waals surface area contributed by atoms with Crippen molar-refractivity contribution < 1.29 is 14.4 Å². The fraction of sp³-hybridized carbons (Fsp3) is 0.500. The Morgan fingerprint density at radius 2 is 0.875 bits per heavy atom. The number of hydrogen-bond donors (Lipinski definition) is 3. The Bertz CT molecular complexity index is 508. The highest BCUT2D eigenvalue weighted by molar-refractivity contribution is 6.19. The molecule has 3 amide bonds. The van der Waals surface area contributed by atoms with Gasteiger partial charge < -0.3 is 0 Å². The molecule has 0 fully saturated rings. The van der Waals surface area contributed by atoms with Gasteiger partial charge in [0.15, 0.2) is 0 Å². The summed E-state index contributed by atoms with van der Waals surface area (Å²) in [4.78, 5) is 46.4. The van der Waals surface area contributed by atoms with Gasteiger partial charge in [-0.05, 0) is 0 Å². The molecule has 0 saturated carbocycles. The molecule has 1 heterocycles.